The van der Waals surface area contributed by atoms with Crippen LogP contribution in [0.2, 0.25) is 0 Å². The average molecular weight is 214 g/mol. The molecule has 0 aromatic heterocycles. The lowest BCUT2D eigenvalue weighted by Gasteiger charge is -2.56. The van der Waals surface area contributed by atoms with Crippen LogP contribution in [0.1, 0.15) is 26.7 Å². The molecule has 14 heavy (non-hydrogen) atoms. The zero-order chi connectivity index (χ0) is 10.2. The molecule has 0 aromatic carbocycles. The zero-order valence-corrected chi connectivity index (χ0v) is 10.2. The van der Waals surface area contributed by atoms with E-state index in [0.29, 0.717) is 11.6 Å². The molecule has 2 fully saturated rings. The molecular weight excluding hydrogens is 192 g/mol. The Morgan fingerprint density at radius 3 is 2.86 bits per heavy atom. The topological polar surface area (TPSA) is 15.3 Å². The maximum atomic E-state index is 4.50. The first kappa shape index (κ1) is 10.8. The minimum Gasteiger partial charge on any atom is -0.309 e. The van der Waals surface area contributed by atoms with Crippen molar-refractivity contribution < 1.29 is 0 Å². The summed E-state index contributed by atoms with van der Waals surface area (Å²) in [5, 5.41) is 3.68. The fraction of sp³-hybridized carbons (Fsp3) is 1.00. The molecule has 0 bridgehead atoms. The third kappa shape index (κ3) is 1.70. The van der Waals surface area contributed by atoms with E-state index in [-0.39, 0.29) is 0 Å². The number of thiol groups is 1. The molecule has 0 saturated carbocycles. The van der Waals surface area contributed by atoms with Crippen LogP contribution in [0.3, 0.4) is 0 Å². The van der Waals surface area contributed by atoms with Gasteiger partial charge in [0.05, 0.1) is 0 Å². The summed E-state index contributed by atoms with van der Waals surface area (Å²) in [5.41, 5.74) is 0.441. The lowest BCUT2D eigenvalue weighted by molar-refractivity contribution is -0.0166. The molecule has 1 spiro atoms. The fourth-order valence-electron chi connectivity index (χ4n) is 3.01. The van der Waals surface area contributed by atoms with Gasteiger partial charge in [0.15, 0.2) is 0 Å². The van der Waals surface area contributed by atoms with E-state index < -0.39 is 0 Å². The van der Waals surface area contributed by atoms with Crippen molar-refractivity contribution in [2.75, 3.05) is 25.4 Å². The predicted molar refractivity (Wildman–Crippen MR) is 64.0 cm³/mol. The fourth-order valence-corrected chi connectivity index (χ4v) is 3.60. The van der Waals surface area contributed by atoms with Gasteiger partial charge in [0, 0.05) is 30.4 Å². The molecule has 2 heterocycles. The van der Waals surface area contributed by atoms with Crippen molar-refractivity contribution in [1.82, 2.24) is 10.2 Å². The predicted octanol–water partition coefficient (Wildman–Crippen LogP) is 1.38. The Morgan fingerprint density at radius 1 is 1.57 bits per heavy atom. The smallest absolute Gasteiger partial charge is 0.0474 e. The average Bonchev–Trinajstić information content (AvgIpc) is 2.53. The van der Waals surface area contributed by atoms with Gasteiger partial charge in [-0.05, 0) is 25.3 Å². The van der Waals surface area contributed by atoms with E-state index in [4.69, 9.17) is 0 Å². The molecule has 0 amide bonds. The van der Waals surface area contributed by atoms with Gasteiger partial charge in [-0.1, -0.05) is 13.8 Å². The Balaban J connectivity index is 1.93. The van der Waals surface area contributed by atoms with Crippen LogP contribution >= 0.6 is 12.6 Å². The van der Waals surface area contributed by atoms with Gasteiger partial charge >= 0.3 is 0 Å². The standard InChI is InChI=1S/C11H22N2S/c1-9(2)6-13-8-11(10(13)7-14)4-3-5-12-11/h9-10,12,14H,3-8H2,1-2H3. The summed E-state index contributed by atoms with van der Waals surface area (Å²) < 4.78 is 0. The van der Waals surface area contributed by atoms with Gasteiger partial charge in [-0.3, -0.25) is 4.90 Å². The molecular formula is C11H22N2S. The van der Waals surface area contributed by atoms with E-state index >= 15 is 0 Å². The summed E-state index contributed by atoms with van der Waals surface area (Å²) in [6.07, 6.45) is 2.70. The SMILES string of the molecule is CC(C)CN1CC2(CCCN2)C1CS. The van der Waals surface area contributed by atoms with E-state index in [0.717, 1.165) is 11.7 Å². The number of nitrogens with one attached hydrogen (secondary N) is 1. The lowest BCUT2D eigenvalue weighted by atomic mass is 9.79. The molecule has 2 aliphatic heterocycles. The van der Waals surface area contributed by atoms with Crippen molar-refractivity contribution in [3.05, 3.63) is 0 Å². The highest BCUT2D eigenvalue weighted by molar-refractivity contribution is 7.80. The van der Waals surface area contributed by atoms with E-state index in [2.05, 4.69) is 36.7 Å². The van der Waals surface area contributed by atoms with Crippen molar-refractivity contribution in [3.63, 3.8) is 0 Å². The summed E-state index contributed by atoms with van der Waals surface area (Å²) in [7, 11) is 0. The highest BCUT2D eigenvalue weighted by atomic mass is 32.1. The molecule has 2 aliphatic rings. The summed E-state index contributed by atoms with van der Waals surface area (Å²) in [4.78, 5) is 2.59. The number of hydrogen-bond donors (Lipinski definition) is 2. The van der Waals surface area contributed by atoms with Gasteiger partial charge in [-0.25, -0.2) is 0 Å². The van der Waals surface area contributed by atoms with Crippen LogP contribution in [-0.4, -0.2) is 41.9 Å². The van der Waals surface area contributed by atoms with Crippen molar-refractivity contribution in [2.24, 2.45) is 5.92 Å². The molecule has 2 saturated heterocycles. The Hall–Kier alpha value is 0.270. The number of likely N-dealkylation sites (tertiary alicyclic amines) is 1. The second kappa shape index (κ2) is 4.03. The molecule has 0 aromatic rings. The minimum atomic E-state index is 0.441. The Labute approximate surface area is 92.8 Å². The van der Waals surface area contributed by atoms with E-state index in [1.165, 1.54) is 32.5 Å². The largest absolute Gasteiger partial charge is 0.309 e. The molecule has 3 heteroatoms. The van der Waals surface area contributed by atoms with Crippen molar-refractivity contribution in [3.8, 4) is 0 Å². The maximum Gasteiger partial charge on any atom is 0.0474 e. The normalized spacial score (nSPS) is 38.1. The first-order valence-electron chi connectivity index (χ1n) is 5.78. The van der Waals surface area contributed by atoms with E-state index in [9.17, 15) is 0 Å². The molecule has 0 aliphatic carbocycles. The highest BCUT2D eigenvalue weighted by Gasteiger charge is 2.52. The second-order valence-electron chi connectivity index (χ2n) is 5.21. The highest BCUT2D eigenvalue weighted by Crippen LogP contribution is 2.37. The van der Waals surface area contributed by atoms with Gasteiger partial charge in [0.1, 0.15) is 0 Å². The molecule has 2 atom stereocenters. The Kier molecular flexibility index (Phi) is 3.10. The van der Waals surface area contributed by atoms with Crippen molar-refractivity contribution in [1.29, 1.82) is 0 Å². The maximum absolute atomic E-state index is 4.50. The Morgan fingerprint density at radius 2 is 2.36 bits per heavy atom. The summed E-state index contributed by atoms with van der Waals surface area (Å²) in [6.45, 7) is 8.27. The molecule has 2 nitrogen and oxygen atoms in total. The molecule has 82 valence electrons. The minimum absolute atomic E-state index is 0.441. The van der Waals surface area contributed by atoms with Gasteiger partial charge < -0.3 is 5.32 Å². The van der Waals surface area contributed by atoms with Gasteiger partial charge in [-0.15, -0.1) is 0 Å². The van der Waals surface area contributed by atoms with E-state index in [1.807, 2.05) is 0 Å². The van der Waals surface area contributed by atoms with Gasteiger partial charge in [-0.2, -0.15) is 12.6 Å². The molecule has 2 unspecified atom stereocenters. The molecule has 1 N–H and O–H groups in total. The lowest BCUT2D eigenvalue weighted by Crippen LogP contribution is -2.74. The molecule has 2 rings (SSSR count). The van der Waals surface area contributed by atoms with Crippen LogP contribution in [0.25, 0.3) is 0 Å². The number of nitrogens with zero attached hydrogens (tertiary/aromatic N) is 1. The third-order valence-corrected chi connectivity index (χ3v) is 3.96. The molecule has 0 radical (unpaired) electrons. The quantitative estimate of drug-likeness (QED) is 0.690. The van der Waals surface area contributed by atoms with Crippen molar-refractivity contribution >= 4 is 12.6 Å². The second-order valence-corrected chi connectivity index (χ2v) is 5.57. The van der Waals surface area contributed by atoms with Crippen molar-refractivity contribution in [2.45, 2.75) is 38.3 Å². The summed E-state index contributed by atoms with van der Waals surface area (Å²) in [6, 6.07) is 0.677. The first-order chi connectivity index (χ1) is 6.68. The van der Waals surface area contributed by atoms with Crippen LogP contribution in [-0.2, 0) is 0 Å². The first-order valence-corrected chi connectivity index (χ1v) is 6.41. The monoisotopic (exact) mass is 214 g/mol. The van der Waals surface area contributed by atoms with Crippen LogP contribution in [0.5, 0.6) is 0 Å². The Bertz CT molecular complexity index is 199. The zero-order valence-electron chi connectivity index (χ0n) is 9.29. The summed E-state index contributed by atoms with van der Waals surface area (Å²) >= 11 is 4.50. The van der Waals surface area contributed by atoms with Crippen LogP contribution in [0.15, 0.2) is 0 Å². The van der Waals surface area contributed by atoms with Crippen LogP contribution in [0.4, 0.5) is 0 Å². The number of hydrogen-bond acceptors (Lipinski definition) is 3. The van der Waals surface area contributed by atoms with E-state index in [1.54, 1.807) is 0 Å². The number of rotatable bonds is 3. The van der Waals surface area contributed by atoms with Crippen LogP contribution in [0, 0.1) is 5.92 Å². The third-order valence-electron chi connectivity index (χ3n) is 3.61. The van der Waals surface area contributed by atoms with Gasteiger partial charge in [0.25, 0.3) is 0 Å². The van der Waals surface area contributed by atoms with Crippen LogP contribution < -0.4 is 5.32 Å². The van der Waals surface area contributed by atoms with Gasteiger partial charge in [0.2, 0.25) is 0 Å². The summed E-state index contributed by atoms with van der Waals surface area (Å²) in [5.74, 6) is 1.77.